The van der Waals surface area contributed by atoms with Gasteiger partial charge in [0.1, 0.15) is 0 Å². The Morgan fingerprint density at radius 3 is 2.76 bits per heavy atom. The Balaban J connectivity index is 1.50. The van der Waals surface area contributed by atoms with E-state index in [1.165, 1.54) is 30.2 Å². The van der Waals surface area contributed by atoms with E-state index in [1.54, 1.807) is 13.1 Å². The quantitative estimate of drug-likeness (QED) is 0.266. The van der Waals surface area contributed by atoms with Gasteiger partial charge in [-0.2, -0.15) is 0 Å². The second-order valence-corrected chi connectivity index (χ2v) is 8.98. The molecule has 4 rings (SSSR count). The first kappa shape index (κ1) is 23.6. The van der Waals surface area contributed by atoms with Crippen molar-refractivity contribution in [1.29, 1.82) is 0 Å². The van der Waals surface area contributed by atoms with Crippen LogP contribution in [0.3, 0.4) is 0 Å². The summed E-state index contributed by atoms with van der Waals surface area (Å²) in [7, 11) is 0. The first-order chi connectivity index (χ1) is 16.5. The average Bonchev–Trinajstić information content (AvgIpc) is 3.53. The number of hydrogen-bond donors (Lipinski definition) is 1. The normalized spacial score (nSPS) is 13.1. The Labute approximate surface area is 200 Å². The fourth-order valence-corrected chi connectivity index (χ4v) is 4.58. The largest absolute Gasteiger partial charge is 0.423 e. The summed E-state index contributed by atoms with van der Waals surface area (Å²) in [5.41, 5.74) is 1.86. The van der Waals surface area contributed by atoms with Gasteiger partial charge in [0.2, 0.25) is 0 Å². The van der Waals surface area contributed by atoms with Gasteiger partial charge >= 0.3 is 5.97 Å². The molecule has 9 heteroatoms. The summed E-state index contributed by atoms with van der Waals surface area (Å²) >= 11 is 1.30. The van der Waals surface area contributed by atoms with Crippen LogP contribution in [0, 0.1) is 5.82 Å². The molecule has 2 aromatic carbocycles. The molecule has 0 spiro atoms. The lowest BCUT2D eigenvalue weighted by molar-refractivity contribution is -0.134. The molecule has 1 aliphatic rings. The molecular weight excluding hydrogens is 457 g/mol. The van der Waals surface area contributed by atoms with Gasteiger partial charge in [0.05, 0.1) is 10.4 Å². The second-order valence-electron chi connectivity index (χ2n) is 7.95. The standard InChI is InChI=1S/C25H24FN3O4S/c1-2-6-22(31)33-23-18(15-30)11-17(13-20(23)26)24(32)28-25-27-14-21(34-25)16-7-5-8-19(12-16)29-9-3-4-10-29/h5,7-8,11-15H,2-4,6,9-10H2,1H3,(H,27,28,32). The molecule has 0 radical (unpaired) electrons. The van der Waals surface area contributed by atoms with E-state index in [4.69, 9.17) is 4.74 Å². The zero-order valence-electron chi connectivity index (χ0n) is 18.7. The summed E-state index contributed by atoms with van der Waals surface area (Å²) in [5, 5.41) is 2.99. The fourth-order valence-electron chi connectivity index (χ4n) is 3.78. The van der Waals surface area contributed by atoms with Crippen molar-refractivity contribution in [3.63, 3.8) is 0 Å². The van der Waals surface area contributed by atoms with Crippen LogP contribution in [-0.2, 0) is 4.79 Å². The Morgan fingerprint density at radius 1 is 1.24 bits per heavy atom. The van der Waals surface area contributed by atoms with Crippen LogP contribution < -0.4 is 15.0 Å². The Morgan fingerprint density at radius 2 is 2.03 bits per heavy atom. The number of benzene rings is 2. The number of thiazole rings is 1. The van der Waals surface area contributed by atoms with Crippen molar-refractivity contribution in [3.8, 4) is 16.2 Å². The number of ether oxygens (including phenoxy) is 1. The van der Waals surface area contributed by atoms with Crippen LogP contribution in [0.25, 0.3) is 10.4 Å². The van der Waals surface area contributed by atoms with E-state index in [1.807, 2.05) is 12.1 Å². The van der Waals surface area contributed by atoms with E-state index in [0.717, 1.165) is 35.3 Å². The van der Waals surface area contributed by atoms with Crippen LogP contribution in [0.5, 0.6) is 5.75 Å². The lowest BCUT2D eigenvalue weighted by Gasteiger charge is -2.18. The van der Waals surface area contributed by atoms with Crippen molar-refractivity contribution in [2.75, 3.05) is 23.3 Å². The van der Waals surface area contributed by atoms with Crippen molar-refractivity contribution in [3.05, 3.63) is 59.5 Å². The molecular formula is C25H24FN3O4S. The molecule has 3 aromatic rings. The molecule has 1 aliphatic heterocycles. The zero-order valence-corrected chi connectivity index (χ0v) is 19.5. The number of aromatic nitrogens is 1. The van der Waals surface area contributed by atoms with Gasteiger partial charge in [0, 0.05) is 37.0 Å². The molecule has 1 saturated heterocycles. The third-order valence-electron chi connectivity index (χ3n) is 5.46. The molecule has 7 nitrogen and oxygen atoms in total. The van der Waals surface area contributed by atoms with Crippen LogP contribution in [0.4, 0.5) is 15.2 Å². The molecule has 1 aromatic heterocycles. The summed E-state index contributed by atoms with van der Waals surface area (Å²) in [5.74, 6) is -2.71. The summed E-state index contributed by atoms with van der Waals surface area (Å²) in [4.78, 5) is 43.3. The minimum atomic E-state index is -0.960. The molecule has 1 amide bonds. The van der Waals surface area contributed by atoms with Gasteiger partial charge in [-0.25, -0.2) is 9.37 Å². The maximum absolute atomic E-state index is 14.6. The predicted molar refractivity (Wildman–Crippen MR) is 129 cm³/mol. The molecule has 0 aliphatic carbocycles. The molecule has 176 valence electrons. The van der Waals surface area contributed by atoms with Crippen molar-refractivity contribution in [1.82, 2.24) is 4.98 Å². The third kappa shape index (κ3) is 5.31. The molecule has 1 fully saturated rings. The SMILES string of the molecule is CCCC(=O)Oc1c(F)cc(C(=O)Nc2ncc(-c3cccc(N4CCCC4)c3)s2)cc1C=O. The highest BCUT2D eigenvalue weighted by Gasteiger charge is 2.20. The lowest BCUT2D eigenvalue weighted by atomic mass is 10.1. The molecule has 0 saturated carbocycles. The van der Waals surface area contributed by atoms with Gasteiger partial charge in [-0.3, -0.25) is 19.7 Å². The number of hydrogen-bond acceptors (Lipinski definition) is 7. The molecule has 1 N–H and O–H groups in total. The summed E-state index contributed by atoms with van der Waals surface area (Å²) in [6, 6.07) is 10.3. The molecule has 0 bridgehead atoms. The Bertz CT molecular complexity index is 1220. The first-order valence-corrected chi connectivity index (χ1v) is 11.9. The van der Waals surface area contributed by atoms with Gasteiger partial charge in [-0.05, 0) is 49.1 Å². The van der Waals surface area contributed by atoms with Crippen LogP contribution in [-0.4, -0.2) is 36.2 Å². The number of nitrogens with zero attached hydrogens (tertiary/aromatic N) is 2. The maximum atomic E-state index is 14.6. The number of esters is 1. The number of aldehydes is 1. The van der Waals surface area contributed by atoms with Gasteiger partial charge in [-0.1, -0.05) is 30.4 Å². The summed E-state index contributed by atoms with van der Waals surface area (Å²) < 4.78 is 19.5. The number of carbonyl (C=O) groups is 3. The van der Waals surface area contributed by atoms with Gasteiger partial charge in [-0.15, -0.1) is 0 Å². The van der Waals surface area contributed by atoms with Crippen molar-refractivity contribution in [2.45, 2.75) is 32.6 Å². The molecule has 0 unspecified atom stereocenters. The first-order valence-electron chi connectivity index (χ1n) is 11.1. The Kier molecular flexibility index (Phi) is 7.32. The molecule has 34 heavy (non-hydrogen) atoms. The highest BCUT2D eigenvalue weighted by Crippen LogP contribution is 2.33. The fraction of sp³-hybridized carbons (Fsp3) is 0.280. The van der Waals surface area contributed by atoms with E-state index >= 15 is 0 Å². The smallest absolute Gasteiger partial charge is 0.311 e. The van der Waals surface area contributed by atoms with E-state index in [2.05, 4.69) is 27.3 Å². The number of nitrogens with one attached hydrogen (secondary N) is 1. The van der Waals surface area contributed by atoms with Crippen molar-refractivity contribution in [2.24, 2.45) is 0 Å². The number of amides is 1. The third-order valence-corrected chi connectivity index (χ3v) is 6.42. The van der Waals surface area contributed by atoms with Crippen LogP contribution >= 0.6 is 11.3 Å². The van der Waals surface area contributed by atoms with E-state index in [9.17, 15) is 18.8 Å². The monoisotopic (exact) mass is 481 g/mol. The highest BCUT2D eigenvalue weighted by atomic mass is 32.1. The van der Waals surface area contributed by atoms with E-state index in [0.29, 0.717) is 17.8 Å². The lowest BCUT2D eigenvalue weighted by Crippen LogP contribution is -2.17. The second kappa shape index (κ2) is 10.6. The van der Waals surface area contributed by atoms with Crippen LogP contribution in [0.1, 0.15) is 53.3 Å². The minimum absolute atomic E-state index is 0.0809. The number of rotatable bonds is 8. The number of anilines is 2. The molecule has 0 atom stereocenters. The maximum Gasteiger partial charge on any atom is 0.311 e. The topological polar surface area (TPSA) is 88.6 Å². The average molecular weight is 482 g/mol. The van der Waals surface area contributed by atoms with Crippen LogP contribution in [0.15, 0.2) is 42.6 Å². The van der Waals surface area contributed by atoms with Crippen molar-refractivity contribution >= 4 is 40.3 Å². The summed E-state index contributed by atoms with van der Waals surface area (Å²) in [6.07, 6.45) is 5.02. The van der Waals surface area contributed by atoms with Gasteiger partial charge in [0.15, 0.2) is 23.0 Å². The minimum Gasteiger partial charge on any atom is -0.423 e. The summed E-state index contributed by atoms with van der Waals surface area (Å²) in [6.45, 7) is 3.87. The zero-order chi connectivity index (χ0) is 24.1. The highest BCUT2D eigenvalue weighted by molar-refractivity contribution is 7.19. The van der Waals surface area contributed by atoms with E-state index in [-0.39, 0.29) is 17.5 Å². The molecule has 2 heterocycles. The van der Waals surface area contributed by atoms with Crippen molar-refractivity contribution < 1.29 is 23.5 Å². The van der Waals surface area contributed by atoms with E-state index < -0.39 is 23.4 Å². The van der Waals surface area contributed by atoms with Gasteiger partial charge < -0.3 is 9.64 Å². The number of carbonyl (C=O) groups excluding carboxylic acids is 3. The van der Waals surface area contributed by atoms with Crippen LogP contribution in [0.2, 0.25) is 0 Å². The van der Waals surface area contributed by atoms with Gasteiger partial charge in [0.25, 0.3) is 5.91 Å². The number of halogens is 1. The predicted octanol–water partition coefficient (Wildman–Crippen LogP) is 5.32. The Hall–Kier alpha value is -3.59.